The molecule has 2 N–H and O–H groups in total. The molecule has 2 aromatic heterocycles. The van der Waals surface area contributed by atoms with Crippen LogP contribution in [0.2, 0.25) is 0 Å². The minimum Gasteiger partial charge on any atom is -0.321 e. The topological polar surface area (TPSA) is 70.7 Å². The molecule has 0 bridgehead atoms. The molecule has 0 atom stereocenters. The van der Waals surface area contributed by atoms with E-state index >= 15 is 0 Å². The van der Waals surface area contributed by atoms with E-state index in [9.17, 15) is 4.79 Å². The van der Waals surface area contributed by atoms with Gasteiger partial charge >= 0.3 is 0 Å². The third-order valence-corrected chi connectivity index (χ3v) is 3.56. The van der Waals surface area contributed by atoms with Gasteiger partial charge in [0.05, 0.1) is 5.69 Å². The number of pyridine rings is 1. The monoisotopic (exact) mass is 292 g/mol. The number of benzene rings is 1. The Hall–Kier alpha value is -2.95. The smallest absolute Gasteiger partial charge is 0.273 e. The number of aromatic nitrogens is 3. The predicted molar refractivity (Wildman–Crippen MR) is 85.7 cm³/mol. The van der Waals surface area contributed by atoms with Gasteiger partial charge in [0, 0.05) is 23.6 Å². The Morgan fingerprint density at radius 1 is 1.05 bits per heavy atom. The lowest BCUT2D eigenvalue weighted by Crippen LogP contribution is -2.12. The molecule has 3 aromatic rings. The first-order valence-electron chi connectivity index (χ1n) is 6.98. The van der Waals surface area contributed by atoms with Crippen molar-refractivity contribution in [3.63, 3.8) is 0 Å². The standard InChI is InChI=1S/C17H16N4O/c1-11-3-4-14(9-12(11)2)19-17(22)16-10-15(20-21-16)13-5-7-18-8-6-13/h3-10H,1-2H3,(H,19,22)(H,20,21). The lowest BCUT2D eigenvalue weighted by molar-refractivity contribution is 0.102. The second kappa shape index (κ2) is 5.81. The van der Waals surface area contributed by atoms with Crippen LogP contribution in [0.1, 0.15) is 21.6 Å². The van der Waals surface area contributed by atoms with Crippen LogP contribution in [0.15, 0.2) is 48.8 Å². The van der Waals surface area contributed by atoms with E-state index in [1.54, 1.807) is 18.5 Å². The number of hydrogen-bond acceptors (Lipinski definition) is 3. The maximum Gasteiger partial charge on any atom is 0.273 e. The molecule has 0 fully saturated rings. The van der Waals surface area contributed by atoms with E-state index in [0.717, 1.165) is 16.8 Å². The summed E-state index contributed by atoms with van der Waals surface area (Å²) in [7, 11) is 0. The van der Waals surface area contributed by atoms with Gasteiger partial charge in [0.15, 0.2) is 0 Å². The molecule has 110 valence electrons. The predicted octanol–water partition coefficient (Wildman–Crippen LogP) is 3.34. The fourth-order valence-corrected chi connectivity index (χ4v) is 2.13. The average Bonchev–Trinajstić information content (AvgIpc) is 3.02. The molecule has 0 aliphatic rings. The van der Waals surface area contributed by atoms with Gasteiger partial charge in [-0.05, 0) is 55.3 Å². The van der Waals surface area contributed by atoms with Gasteiger partial charge in [-0.25, -0.2) is 0 Å². The van der Waals surface area contributed by atoms with Crippen LogP contribution in [0.5, 0.6) is 0 Å². The van der Waals surface area contributed by atoms with E-state index in [1.165, 1.54) is 5.56 Å². The van der Waals surface area contributed by atoms with Crippen molar-refractivity contribution in [3.8, 4) is 11.3 Å². The highest BCUT2D eigenvalue weighted by atomic mass is 16.1. The van der Waals surface area contributed by atoms with E-state index in [-0.39, 0.29) is 5.91 Å². The molecule has 5 nitrogen and oxygen atoms in total. The van der Waals surface area contributed by atoms with Gasteiger partial charge in [-0.2, -0.15) is 5.10 Å². The van der Waals surface area contributed by atoms with Crippen molar-refractivity contribution in [2.45, 2.75) is 13.8 Å². The lowest BCUT2D eigenvalue weighted by Gasteiger charge is -2.06. The van der Waals surface area contributed by atoms with Crippen LogP contribution in [0.25, 0.3) is 11.3 Å². The second-order valence-electron chi connectivity index (χ2n) is 5.16. The molecule has 0 saturated heterocycles. The van der Waals surface area contributed by atoms with Crippen LogP contribution in [0.4, 0.5) is 5.69 Å². The summed E-state index contributed by atoms with van der Waals surface area (Å²) in [5, 5.41) is 9.80. The quantitative estimate of drug-likeness (QED) is 0.777. The number of nitrogens with zero attached hydrogens (tertiary/aromatic N) is 2. The maximum absolute atomic E-state index is 12.3. The highest BCUT2D eigenvalue weighted by molar-refractivity contribution is 6.03. The third-order valence-electron chi connectivity index (χ3n) is 3.56. The summed E-state index contributed by atoms with van der Waals surface area (Å²) in [6.07, 6.45) is 3.39. The molecule has 5 heteroatoms. The number of rotatable bonds is 3. The highest BCUT2D eigenvalue weighted by Gasteiger charge is 2.11. The van der Waals surface area contributed by atoms with Crippen LogP contribution >= 0.6 is 0 Å². The van der Waals surface area contributed by atoms with E-state index in [0.29, 0.717) is 11.4 Å². The minimum absolute atomic E-state index is 0.212. The first-order chi connectivity index (χ1) is 10.6. The number of H-pyrrole nitrogens is 1. The van der Waals surface area contributed by atoms with Crippen molar-refractivity contribution in [2.75, 3.05) is 5.32 Å². The molecular formula is C17H16N4O. The van der Waals surface area contributed by atoms with Crippen LogP contribution in [0, 0.1) is 13.8 Å². The van der Waals surface area contributed by atoms with Crippen molar-refractivity contribution in [2.24, 2.45) is 0 Å². The Kier molecular flexibility index (Phi) is 3.70. The minimum atomic E-state index is -0.212. The number of carbonyl (C=O) groups is 1. The number of carbonyl (C=O) groups excluding carboxylic acids is 1. The van der Waals surface area contributed by atoms with Gasteiger partial charge in [0.2, 0.25) is 0 Å². The molecule has 0 radical (unpaired) electrons. The number of anilines is 1. The Morgan fingerprint density at radius 2 is 1.82 bits per heavy atom. The molecule has 22 heavy (non-hydrogen) atoms. The summed E-state index contributed by atoms with van der Waals surface area (Å²) in [6.45, 7) is 4.06. The van der Waals surface area contributed by atoms with E-state index in [4.69, 9.17) is 0 Å². The fourth-order valence-electron chi connectivity index (χ4n) is 2.13. The average molecular weight is 292 g/mol. The van der Waals surface area contributed by atoms with Crippen LogP contribution < -0.4 is 5.32 Å². The van der Waals surface area contributed by atoms with E-state index < -0.39 is 0 Å². The van der Waals surface area contributed by atoms with Gasteiger partial charge in [-0.3, -0.25) is 14.9 Å². The second-order valence-corrected chi connectivity index (χ2v) is 5.16. The van der Waals surface area contributed by atoms with Crippen molar-refractivity contribution in [1.82, 2.24) is 15.2 Å². The Bertz CT molecular complexity index is 809. The Morgan fingerprint density at radius 3 is 2.55 bits per heavy atom. The maximum atomic E-state index is 12.3. The molecule has 2 heterocycles. The molecule has 0 spiro atoms. The van der Waals surface area contributed by atoms with Crippen LogP contribution in [-0.4, -0.2) is 21.1 Å². The molecular weight excluding hydrogens is 276 g/mol. The molecule has 0 unspecified atom stereocenters. The summed E-state index contributed by atoms with van der Waals surface area (Å²) < 4.78 is 0. The zero-order valence-electron chi connectivity index (χ0n) is 12.4. The molecule has 0 saturated carbocycles. The van der Waals surface area contributed by atoms with Crippen molar-refractivity contribution in [3.05, 3.63) is 65.6 Å². The fraction of sp³-hybridized carbons (Fsp3) is 0.118. The van der Waals surface area contributed by atoms with Gasteiger partial charge in [-0.1, -0.05) is 6.07 Å². The van der Waals surface area contributed by atoms with E-state index in [2.05, 4.69) is 20.5 Å². The Balaban J connectivity index is 1.78. The molecule has 1 amide bonds. The summed E-state index contributed by atoms with van der Waals surface area (Å²) in [5.41, 5.74) is 5.15. The largest absolute Gasteiger partial charge is 0.321 e. The number of amides is 1. The summed E-state index contributed by atoms with van der Waals surface area (Å²) in [4.78, 5) is 16.2. The van der Waals surface area contributed by atoms with E-state index in [1.807, 2.05) is 44.2 Å². The number of aryl methyl sites for hydroxylation is 2. The lowest BCUT2D eigenvalue weighted by atomic mass is 10.1. The first-order valence-corrected chi connectivity index (χ1v) is 6.98. The van der Waals surface area contributed by atoms with Crippen molar-refractivity contribution < 1.29 is 4.79 Å². The number of aromatic amines is 1. The van der Waals surface area contributed by atoms with Gasteiger partial charge in [0.1, 0.15) is 5.69 Å². The molecule has 0 aliphatic heterocycles. The van der Waals surface area contributed by atoms with Crippen molar-refractivity contribution >= 4 is 11.6 Å². The summed E-state index contributed by atoms with van der Waals surface area (Å²) in [6, 6.07) is 11.3. The molecule has 1 aromatic carbocycles. The number of nitrogens with one attached hydrogen (secondary N) is 2. The highest BCUT2D eigenvalue weighted by Crippen LogP contribution is 2.18. The zero-order valence-corrected chi connectivity index (χ0v) is 12.4. The Labute approximate surface area is 128 Å². The SMILES string of the molecule is Cc1ccc(NC(=O)c2cc(-c3ccncc3)n[nH]2)cc1C. The summed E-state index contributed by atoms with van der Waals surface area (Å²) in [5.74, 6) is -0.212. The van der Waals surface area contributed by atoms with Gasteiger partial charge in [0.25, 0.3) is 5.91 Å². The number of hydrogen-bond donors (Lipinski definition) is 2. The molecule has 3 rings (SSSR count). The van der Waals surface area contributed by atoms with Crippen LogP contribution in [0.3, 0.4) is 0 Å². The van der Waals surface area contributed by atoms with Crippen LogP contribution in [-0.2, 0) is 0 Å². The zero-order chi connectivity index (χ0) is 15.5. The molecule has 0 aliphatic carbocycles. The van der Waals surface area contributed by atoms with Gasteiger partial charge < -0.3 is 5.32 Å². The van der Waals surface area contributed by atoms with Crippen molar-refractivity contribution in [1.29, 1.82) is 0 Å². The normalized spacial score (nSPS) is 10.5. The first kappa shape index (κ1) is 14.0. The van der Waals surface area contributed by atoms with Gasteiger partial charge in [-0.15, -0.1) is 0 Å². The summed E-state index contributed by atoms with van der Waals surface area (Å²) >= 11 is 0. The third kappa shape index (κ3) is 2.88.